The summed E-state index contributed by atoms with van der Waals surface area (Å²) < 4.78 is 0. The smallest absolute Gasteiger partial charge is 0.276 e. The van der Waals surface area contributed by atoms with E-state index in [-0.39, 0.29) is 5.91 Å². The van der Waals surface area contributed by atoms with Gasteiger partial charge in [0.15, 0.2) is 5.69 Å². The quantitative estimate of drug-likeness (QED) is 0.446. The second kappa shape index (κ2) is 9.20. The number of carbonyl (C=O) groups excluding carboxylic acids is 1. The van der Waals surface area contributed by atoms with Crippen molar-refractivity contribution in [3.8, 4) is 16.9 Å². The SMILES string of the molecule is O=C(c1cnn(-c2ccccc2)n1)N1CCN(Cc2nc(-c3ccc(Cl)cc3)cs2)CC1. The molecule has 1 fully saturated rings. The fourth-order valence-electron chi connectivity index (χ4n) is 3.65. The van der Waals surface area contributed by atoms with Gasteiger partial charge in [-0.05, 0) is 24.3 Å². The van der Waals surface area contributed by atoms with Crippen LogP contribution in [0.4, 0.5) is 0 Å². The zero-order valence-corrected chi connectivity index (χ0v) is 18.8. The Labute approximate surface area is 194 Å². The molecule has 0 atom stereocenters. The Hall–Kier alpha value is -3.07. The molecule has 2 aromatic carbocycles. The van der Waals surface area contributed by atoms with Crippen LogP contribution in [-0.4, -0.2) is 61.9 Å². The first-order valence-corrected chi connectivity index (χ1v) is 11.6. The van der Waals surface area contributed by atoms with Crippen LogP contribution in [0.25, 0.3) is 16.9 Å². The lowest BCUT2D eigenvalue weighted by atomic mass is 10.2. The van der Waals surface area contributed by atoms with E-state index < -0.39 is 0 Å². The Balaban J connectivity index is 1.17. The van der Waals surface area contributed by atoms with E-state index in [4.69, 9.17) is 16.6 Å². The summed E-state index contributed by atoms with van der Waals surface area (Å²) in [5.41, 5.74) is 3.24. The van der Waals surface area contributed by atoms with Gasteiger partial charge in [0.2, 0.25) is 0 Å². The van der Waals surface area contributed by atoms with Crippen LogP contribution >= 0.6 is 22.9 Å². The van der Waals surface area contributed by atoms with Gasteiger partial charge < -0.3 is 4.90 Å². The van der Waals surface area contributed by atoms with Gasteiger partial charge in [-0.1, -0.05) is 41.9 Å². The molecule has 1 aliphatic rings. The van der Waals surface area contributed by atoms with E-state index in [2.05, 4.69) is 20.5 Å². The van der Waals surface area contributed by atoms with Crippen molar-refractivity contribution in [2.45, 2.75) is 6.54 Å². The molecular formula is C23H21ClN6OS. The number of thiazole rings is 1. The van der Waals surface area contributed by atoms with E-state index in [1.807, 2.05) is 59.5 Å². The number of hydrogen-bond acceptors (Lipinski definition) is 6. The van der Waals surface area contributed by atoms with Crippen molar-refractivity contribution in [3.63, 3.8) is 0 Å². The van der Waals surface area contributed by atoms with Crippen molar-refractivity contribution in [3.05, 3.63) is 81.9 Å². The molecule has 7 nitrogen and oxygen atoms in total. The van der Waals surface area contributed by atoms with Gasteiger partial charge in [0.1, 0.15) is 5.01 Å². The van der Waals surface area contributed by atoms with Crippen LogP contribution in [0.15, 0.2) is 66.2 Å². The van der Waals surface area contributed by atoms with Crippen molar-refractivity contribution >= 4 is 28.8 Å². The van der Waals surface area contributed by atoms with Crippen molar-refractivity contribution in [2.24, 2.45) is 0 Å². The number of hydrogen-bond donors (Lipinski definition) is 0. The van der Waals surface area contributed by atoms with Gasteiger partial charge in [0.25, 0.3) is 5.91 Å². The summed E-state index contributed by atoms with van der Waals surface area (Å²) in [5, 5.41) is 12.5. The van der Waals surface area contributed by atoms with Crippen LogP contribution in [0.1, 0.15) is 15.5 Å². The second-order valence-electron chi connectivity index (χ2n) is 7.56. The number of amides is 1. The topological polar surface area (TPSA) is 67.2 Å². The molecule has 1 saturated heterocycles. The lowest BCUT2D eigenvalue weighted by Gasteiger charge is -2.33. The molecule has 162 valence electrons. The Kier molecular flexibility index (Phi) is 5.98. The van der Waals surface area contributed by atoms with Crippen molar-refractivity contribution in [1.82, 2.24) is 29.8 Å². The fraction of sp³-hybridized carbons (Fsp3) is 0.217. The van der Waals surface area contributed by atoms with Gasteiger partial charge in [-0.15, -0.1) is 16.4 Å². The third-order valence-electron chi connectivity index (χ3n) is 5.41. The molecular weight excluding hydrogens is 444 g/mol. The highest BCUT2D eigenvalue weighted by Crippen LogP contribution is 2.24. The predicted molar refractivity (Wildman–Crippen MR) is 125 cm³/mol. The number of carbonyl (C=O) groups is 1. The molecule has 2 aromatic heterocycles. The van der Waals surface area contributed by atoms with Crippen LogP contribution in [0.2, 0.25) is 5.02 Å². The molecule has 0 radical (unpaired) electrons. The summed E-state index contributed by atoms with van der Waals surface area (Å²) >= 11 is 7.63. The zero-order valence-electron chi connectivity index (χ0n) is 17.3. The van der Waals surface area contributed by atoms with Gasteiger partial charge >= 0.3 is 0 Å². The summed E-state index contributed by atoms with van der Waals surface area (Å²) in [6.07, 6.45) is 1.54. The highest BCUT2D eigenvalue weighted by molar-refractivity contribution is 7.09. The number of rotatable bonds is 5. The molecule has 0 aliphatic carbocycles. The van der Waals surface area contributed by atoms with E-state index >= 15 is 0 Å². The number of para-hydroxylation sites is 1. The molecule has 1 amide bonds. The summed E-state index contributed by atoms with van der Waals surface area (Å²) in [6, 6.07) is 17.3. The van der Waals surface area contributed by atoms with Crippen molar-refractivity contribution in [2.75, 3.05) is 26.2 Å². The Morgan fingerprint density at radius 1 is 1.00 bits per heavy atom. The molecule has 3 heterocycles. The molecule has 0 N–H and O–H groups in total. The first-order valence-electron chi connectivity index (χ1n) is 10.4. The predicted octanol–water partition coefficient (Wildman–Crippen LogP) is 4.00. The number of nitrogens with zero attached hydrogens (tertiary/aromatic N) is 6. The van der Waals surface area contributed by atoms with Gasteiger partial charge in [0.05, 0.1) is 24.1 Å². The third-order valence-corrected chi connectivity index (χ3v) is 6.49. The van der Waals surface area contributed by atoms with E-state index in [0.717, 1.165) is 46.6 Å². The monoisotopic (exact) mass is 464 g/mol. The summed E-state index contributed by atoms with van der Waals surface area (Å²) in [5.74, 6) is -0.0777. The molecule has 0 saturated carbocycles. The van der Waals surface area contributed by atoms with Crippen LogP contribution in [0.5, 0.6) is 0 Å². The molecule has 0 unspecified atom stereocenters. The minimum Gasteiger partial charge on any atom is -0.335 e. The maximum absolute atomic E-state index is 12.9. The second-order valence-corrected chi connectivity index (χ2v) is 8.94. The maximum Gasteiger partial charge on any atom is 0.276 e. The molecule has 32 heavy (non-hydrogen) atoms. The molecule has 5 rings (SSSR count). The average Bonchev–Trinajstić information content (AvgIpc) is 3.51. The third kappa shape index (κ3) is 4.57. The summed E-state index contributed by atoms with van der Waals surface area (Å²) in [4.78, 5) is 23.3. The van der Waals surface area contributed by atoms with E-state index in [1.54, 1.807) is 11.3 Å². The number of benzene rings is 2. The average molecular weight is 465 g/mol. The van der Waals surface area contributed by atoms with Gasteiger partial charge in [-0.3, -0.25) is 9.69 Å². The lowest BCUT2D eigenvalue weighted by Crippen LogP contribution is -2.48. The first-order chi connectivity index (χ1) is 15.7. The molecule has 4 aromatic rings. The normalized spacial score (nSPS) is 14.6. The van der Waals surface area contributed by atoms with Crippen molar-refractivity contribution < 1.29 is 4.79 Å². The van der Waals surface area contributed by atoms with Gasteiger partial charge in [-0.25, -0.2) is 4.98 Å². The van der Waals surface area contributed by atoms with Gasteiger partial charge in [-0.2, -0.15) is 9.90 Å². The largest absolute Gasteiger partial charge is 0.335 e. The lowest BCUT2D eigenvalue weighted by molar-refractivity contribution is 0.0622. The number of aromatic nitrogens is 4. The maximum atomic E-state index is 12.9. The minimum absolute atomic E-state index is 0.0777. The zero-order chi connectivity index (χ0) is 21.9. The van der Waals surface area contributed by atoms with Gasteiger partial charge in [0, 0.05) is 42.1 Å². The molecule has 9 heteroatoms. The van der Waals surface area contributed by atoms with Crippen LogP contribution in [0.3, 0.4) is 0 Å². The molecule has 1 aliphatic heterocycles. The van der Waals surface area contributed by atoms with Crippen LogP contribution in [0, 0.1) is 0 Å². The fourth-order valence-corrected chi connectivity index (χ4v) is 4.62. The standard InChI is InChI=1S/C23H21ClN6OS/c24-18-8-6-17(7-9-18)21-16-32-22(26-21)15-28-10-12-29(13-11-28)23(31)20-14-25-30(27-20)19-4-2-1-3-5-19/h1-9,14,16H,10-13,15H2. The minimum atomic E-state index is -0.0777. The highest BCUT2D eigenvalue weighted by atomic mass is 35.5. The highest BCUT2D eigenvalue weighted by Gasteiger charge is 2.24. The first kappa shape index (κ1) is 20.8. The number of halogens is 1. The van der Waals surface area contributed by atoms with Crippen molar-refractivity contribution in [1.29, 1.82) is 0 Å². The molecule has 0 spiro atoms. The Bertz CT molecular complexity index is 1200. The van der Waals surface area contributed by atoms with E-state index in [9.17, 15) is 4.79 Å². The summed E-state index contributed by atoms with van der Waals surface area (Å²) in [6.45, 7) is 3.70. The van der Waals surface area contributed by atoms with Crippen LogP contribution in [-0.2, 0) is 6.54 Å². The molecule has 0 bridgehead atoms. The Morgan fingerprint density at radius 3 is 2.50 bits per heavy atom. The summed E-state index contributed by atoms with van der Waals surface area (Å²) in [7, 11) is 0. The van der Waals surface area contributed by atoms with E-state index in [0.29, 0.717) is 18.8 Å². The van der Waals surface area contributed by atoms with Crippen LogP contribution < -0.4 is 0 Å². The van der Waals surface area contributed by atoms with E-state index in [1.165, 1.54) is 11.0 Å². The Morgan fingerprint density at radius 2 is 1.75 bits per heavy atom. The number of piperazine rings is 1.